The van der Waals surface area contributed by atoms with E-state index in [1.165, 1.54) is 12.8 Å². The van der Waals surface area contributed by atoms with Gasteiger partial charge in [-0.25, -0.2) is 0 Å². The molecule has 0 aliphatic heterocycles. The van der Waals surface area contributed by atoms with Crippen LogP contribution in [0.25, 0.3) is 0 Å². The fraction of sp³-hybridized carbons (Fsp3) is 0.786. The molecule has 1 unspecified atom stereocenters. The Bertz CT molecular complexity index is 247. The van der Waals surface area contributed by atoms with Crippen LogP contribution in [0.5, 0.6) is 0 Å². The van der Waals surface area contributed by atoms with Crippen LogP contribution in [-0.4, -0.2) is 36.0 Å². The minimum absolute atomic E-state index is 0.220. The average Bonchev–Trinajstić information content (AvgIpc) is 2.86. The SMILES string of the molecule is C=CCN(C(=O)CNC(C)CC)C1CCCC1. The Balaban J connectivity index is 2.45. The summed E-state index contributed by atoms with van der Waals surface area (Å²) >= 11 is 0. The summed E-state index contributed by atoms with van der Waals surface area (Å²) in [6, 6.07) is 0.854. The number of nitrogens with one attached hydrogen (secondary N) is 1. The van der Waals surface area contributed by atoms with E-state index < -0.39 is 0 Å². The summed E-state index contributed by atoms with van der Waals surface area (Å²) in [5, 5.41) is 3.27. The molecule has 98 valence electrons. The number of amides is 1. The zero-order chi connectivity index (χ0) is 12.7. The quantitative estimate of drug-likeness (QED) is 0.690. The van der Waals surface area contributed by atoms with Crippen molar-refractivity contribution in [3.63, 3.8) is 0 Å². The second-order valence-electron chi connectivity index (χ2n) is 4.96. The molecule has 1 aliphatic carbocycles. The summed E-state index contributed by atoms with van der Waals surface area (Å²) in [6.07, 6.45) is 7.71. The molecule has 1 atom stereocenters. The van der Waals surface area contributed by atoms with Crippen molar-refractivity contribution in [1.82, 2.24) is 10.2 Å². The minimum atomic E-state index is 0.220. The van der Waals surface area contributed by atoms with Crippen LogP contribution >= 0.6 is 0 Å². The summed E-state index contributed by atoms with van der Waals surface area (Å²) < 4.78 is 0. The fourth-order valence-electron chi connectivity index (χ4n) is 2.32. The first-order chi connectivity index (χ1) is 8.19. The van der Waals surface area contributed by atoms with Crippen LogP contribution < -0.4 is 5.32 Å². The maximum Gasteiger partial charge on any atom is 0.237 e. The lowest BCUT2D eigenvalue weighted by Gasteiger charge is -2.28. The van der Waals surface area contributed by atoms with Gasteiger partial charge in [-0.15, -0.1) is 6.58 Å². The van der Waals surface area contributed by atoms with E-state index in [-0.39, 0.29) is 5.91 Å². The van der Waals surface area contributed by atoms with Crippen molar-refractivity contribution in [2.24, 2.45) is 0 Å². The highest BCUT2D eigenvalue weighted by Crippen LogP contribution is 2.23. The zero-order valence-corrected chi connectivity index (χ0v) is 11.2. The highest BCUT2D eigenvalue weighted by Gasteiger charge is 2.25. The maximum absolute atomic E-state index is 12.2. The highest BCUT2D eigenvalue weighted by molar-refractivity contribution is 5.78. The number of nitrogens with zero attached hydrogens (tertiary/aromatic N) is 1. The Morgan fingerprint density at radius 3 is 2.71 bits per heavy atom. The maximum atomic E-state index is 12.2. The van der Waals surface area contributed by atoms with E-state index >= 15 is 0 Å². The average molecular weight is 238 g/mol. The van der Waals surface area contributed by atoms with Crippen molar-refractivity contribution in [3.8, 4) is 0 Å². The third kappa shape index (κ3) is 4.50. The van der Waals surface area contributed by atoms with Gasteiger partial charge in [-0.1, -0.05) is 25.8 Å². The third-order valence-corrected chi connectivity index (χ3v) is 3.63. The Kier molecular flexibility index (Phi) is 6.27. The van der Waals surface area contributed by atoms with Gasteiger partial charge >= 0.3 is 0 Å². The molecule has 1 fully saturated rings. The lowest BCUT2D eigenvalue weighted by molar-refractivity contribution is -0.132. The molecule has 0 aromatic heterocycles. The number of carbonyl (C=O) groups excluding carboxylic acids is 1. The molecule has 1 saturated carbocycles. The fourth-order valence-corrected chi connectivity index (χ4v) is 2.32. The topological polar surface area (TPSA) is 32.3 Å². The lowest BCUT2D eigenvalue weighted by atomic mass is 10.2. The number of hydrogen-bond donors (Lipinski definition) is 1. The van der Waals surface area contributed by atoms with Crippen molar-refractivity contribution in [3.05, 3.63) is 12.7 Å². The van der Waals surface area contributed by atoms with Gasteiger partial charge in [-0.3, -0.25) is 4.79 Å². The van der Waals surface area contributed by atoms with E-state index in [1.54, 1.807) is 0 Å². The third-order valence-electron chi connectivity index (χ3n) is 3.63. The summed E-state index contributed by atoms with van der Waals surface area (Å²) in [5.74, 6) is 0.220. The highest BCUT2D eigenvalue weighted by atomic mass is 16.2. The minimum Gasteiger partial charge on any atom is -0.335 e. The Morgan fingerprint density at radius 2 is 2.18 bits per heavy atom. The molecule has 0 aromatic rings. The first-order valence-electron chi connectivity index (χ1n) is 6.82. The van der Waals surface area contributed by atoms with Crippen molar-refractivity contribution in [2.75, 3.05) is 13.1 Å². The van der Waals surface area contributed by atoms with Gasteiger partial charge in [-0.05, 0) is 26.2 Å². The summed E-state index contributed by atoms with van der Waals surface area (Å²) in [6.45, 7) is 9.13. The van der Waals surface area contributed by atoms with Crippen molar-refractivity contribution < 1.29 is 4.79 Å². The molecule has 1 rings (SSSR count). The van der Waals surface area contributed by atoms with Crippen LogP contribution in [0.3, 0.4) is 0 Å². The largest absolute Gasteiger partial charge is 0.335 e. The second-order valence-corrected chi connectivity index (χ2v) is 4.96. The molecule has 0 spiro atoms. The van der Waals surface area contributed by atoms with Crippen LogP contribution in [0.15, 0.2) is 12.7 Å². The Morgan fingerprint density at radius 1 is 1.53 bits per heavy atom. The van der Waals surface area contributed by atoms with Crippen molar-refractivity contribution in [2.45, 2.75) is 58.0 Å². The van der Waals surface area contributed by atoms with Crippen LogP contribution in [0.1, 0.15) is 46.0 Å². The molecule has 0 aromatic carbocycles. The van der Waals surface area contributed by atoms with Gasteiger partial charge in [0.05, 0.1) is 6.54 Å². The van der Waals surface area contributed by atoms with E-state index in [1.807, 2.05) is 11.0 Å². The molecule has 3 heteroatoms. The van der Waals surface area contributed by atoms with Gasteiger partial charge in [-0.2, -0.15) is 0 Å². The standard InChI is InChI=1S/C14H26N2O/c1-4-10-16(13-8-6-7-9-13)14(17)11-15-12(3)5-2/h4,12-13,15H,1,5-11H2,2-3H3. The van der Waals surface area contributed by atoms with Crippen LogP contribution in [0.4, 0.5) is 0 Å². The lowest BCUT2D eigenvalue weighted by Crippen LogP contribution is -2.45. The van der Waals surface area contributed by atoms with E-state index in [4.69, 9.17) is 0 Å². The monoisotopic (exact) mass is 238 g/mol. The normalized spacial score (nSPS) is 18.0. The van der Waals surface area contributed by atoms with Crippen LogP contribution in [-0.2, 0) is 4.79 Å². The Hall–Kier alpha value is -0.830. The van der Waals surface area contributed by atoms with E-state index in [2.05, 4.69) is 25.7 Å². The summed E-state index contributed by atoms with van der Waals surface area (Å²) in [7, 11) is 0. The van der Waals surface area contributed by atoms with Gasteiger partial charge in [0.25, 0.3) is 0 Å². The Labute approximate surface area is 105 Å². The van der Waals surface area contributed by atoms with Crippen LogP contribution in [0.2, 0.25) is 0 Å². The smallest absolute Gasteiger partial charge is 0.237 e. The summed E-state index contributed by atoms with van der Waals surface area (Å²) in [4.78, 5) is 14.2. The molecule has 1 aliphatic rings. The molecular weight excluding hydrogens is 212 g/mol. The van der Waals surface area contributed by atoms with E-state index in [0.29, 0.717) is 25.2 Å². The molecule has 0 saturated heterocycles. The van der Waals surface area contributed by atoms with Gasteiger partial charge < -0.3 is 10.2 Å². The van der Waals surface area contributed by atoms with Crippen molar-refractivity contribution >= 4 is 5.91 Å². The van der Waals surface area contributed by atoms with Crippen LogP contribution in [0, 0.1) is 0 Å². The molecule has 0 heterocycles. The second kappa shape index (κ2) is 7.49. The first-order valence-corrected chi connectivity index (χ1v) is 6.82. The van der Waals surface area contributed by atoms with E-state index in [9.17, 15) is 4.79 Å². The number of carbonyl (C=O) groups is 1. The number of hydrogen-bond acceptors (Lipinski definition) is 2. The summed E-state index contributed by atoms with van der Waals surface area (Å²) in [5.41, 5.74) is 0. The van der Waals surface area contributed by atoms with E-state index in [0.717, 1.165) is 19.3 Å². The van der Waals surface area contributed by atoms with Crippen molar-refractivity contribution in [1.29, 1.82) is 0 Å². The molecular formula is C14H26N2O. The molecule has 17 heavy (non-hydrogen) atoms. The molecule has 3 nitrogen and oxygen atoms in total. The molecule has 0 bridgehead atoms. The zero-order valence-electron chi connectivity index (χ0n) is 11.2. The van der Waals surface area contributed by atoms with Gasteiger partial charge in [0.1, 0.15) is 0 Å². The molecule has 0 radical (unpaired) electrons. The molecule has 1 N–H and O–H groups in total. The number of rotatable bonds is 7. The van der Waals surface area contributed by atoms with Gasteiger partial charge in [0.2, 0.25) is 5.91 Å². The molecule has 1 amide bonds. The predicted molar refractivity (Wildman–Crippen MR) is 71.9 cm³/mol. The van der Waals surface area contributed by atoms with Gasteiger partial charge in [0, 0.05) is 18.6 Å². The van der Waals surface area contributed by atoms with Gasteiger partial charge in [0.15, 0.2) is 0 Å². The predicted octanol–water partition coefficient (Wildman–Crippen LogP) is 2.33. The first kappa shape index (κ1) is 14.2.